The molecule has 0 saturated carbocycles. The predicted molar refractivity (Wildman–Crippen MR) is 68.9 cm³/mol. The molecule has 1 aromatic carbocycles. The van der Waals surface area contributed by atoms with Crippen molar-refractivity contribution in [3.8, 4) is 0 Å². The van der Waals surface area contributed by atoms with E-state index in [9.17, 15) is 8.42 Å². The molecule has 0 aliphatic carbocycles. The molecule has 0 aliphatic heterocycles. The molecule has 6 heteroatoms. The fraction of sp³-hybridized carbons (Fsp3) is 0.167. The molecule has 0 spiro atoms. The average Bonchev–Trinajstić information content (AvgIpc) is 2.73. The quantitative estimate of drug-likeness (QED) is 0.939. The number of aryl methyl sites for hydroxylation is 1. The highest BCUT2D eigenvalue weighted by atomic mass is 35.5. The highest BCUT2D eigenvalue weighted by molar-refractivity contribution is 7.89. The Morgan fingerprint density at radius 1 is 1.22 bits per heavy atom. The van der Waals surface area contributed by atoms with E-state index >= 15 is 0 Å². The second kappa shape index (κ2) is 5.14. The molecule has 2 rings (SSSR count). The normalized spacial score (nSPS) is 11.7. The molecule has 0 radical (unpaired) electrons. The van der Waals surface area contributed by atoms with Crippen molar-refractivity contribution >= 4 is 21.6 Å². The Labute approximate surface area is 111 Å². The van der Waals surface area contributed by atoms with Crippen LogP contribution < -0.4 is 4.72 Å². The highest BCUT2D eigenvalue weighted by Gasteiger charge is 2.16. The minimum Gasteiger partial charge on any atom is -0.448 e. The molecular weight excluding hydrogens is 274 g/mol. The third-order valence-corrected chi connectivity index (χ3v) is 4.21. The van der Waals surface area contributed by atoms with Gasteiger partial charge in [0.05, 0.1) is 11.4 Å². The van der Waals surface area contributed by atoms with Crippen LogP contribution >= 0.6 is 11.6 Å². The van der Waals surface area contributed by atoms with E-state index in [-0.39, 0.29) is 16.7 Å². The standard InChI is InChI=1S/C12H12ClNO3S/c1-9-4-2-3-5-11(9)18(15,16)14-8-10-6-7-12(13)17-10/h2-7,14H,8H2,1H3. The first-order chi connectivity index (χ1) is 8.49. The number of furan rings is 1. The molecule has 0 amide bonds. The smallest absolute Gasteiger partial charge is 0.241 e. The number of hydrogen-bond donors (Lipinski definition) is 1. The molecular formula is C12H12ClNO3S. The third-order valence-electron chi connectivity index (χ3n) is 2.45. The third kappa shape index (κ3) is 2.93. The summed E-state index contributed by atoms with van der Waals surface area (Å²) in [6.45, 7) is 1.82. The van der Waals surface area contributed by atoms with Crippen LogP contribution in [-0.4, -0.2) is 8.42 Å². The van der Waals surface area contributed by atoms with E-state index in [0.717, 1.165) is 0 Å². The molecule has 96 valence electrons. The van der Waals surface area contributed by atoms with Gasteiger partial charge in [0.1, 0.15) is 5.76 Å². The molecule has 0 unspecified atom stereocenters. The van der Waals surface area contributed by atoms with Gasteiger partial charge in [0.2, 0.25) is 10.0 Å². The Hall–Kier alpha value is -1.30. The van der Waals surface area contributed by atoms with Crippen molar-refractivity contribution in [3.05, 3.63) is 52.9 Å². The van der Waals surface area contributed by atoms with Gasteiger partial charge >= 0.3 is 0 Å². The molecule has 1 heterocycles. The van der Waals surface area contributed by atoms with E-state index in [1.807, 2.05) is 0 Å². The van der Waals surface area contributed by atoms with Crippen molar-refractivity contribution < 1.29 is 12.8 Å². The van der Waals surface area contributed by atoms with Gasteiger partial charge in [0.25, 0.3) is 0 Å². The van der Waals surface area contributed by atoms with Crippen LogP contribution in [0.15, 0.2) is 45.7 Å². The van der Waals surface area contributed by atoms with Gasteiger partial charge in [-0.25, -0.2) is 13.1 Å². The molecule has 0 bridgehead atoms. The van der Waals surface area contributed by atoms with E-state index in [1.165, 1.54) is 0 Å². The Morgan fingerprint density at radius 3 is 2.56 bits per heavy atom. The maximum Gasteiger partial charge on any atom is 0.241 e. The minimum absolute atomic E-state index is 0.0728. The average molecular weight is 286 g/mol. The van der Waals surface area contributed by atoms with E-state index in [4.69, 9.17) is 16.0 Å². The van der Waals surface area contributed by atoms with Gasteiger partial charge in [-0.15, -0.1) is 0 Å². The van der Waals surface area contributed by atoms with Gasteiger partial charge in [-0.2, -0.15) is 0 Å². The maximum atomic E-state index is 12.0. The van der Waals surface area contributed by atoms with Crippen LogP contribution in [0.2, 0.25) is 5.22 Å². The van der Waals surface area contributed by atoms with Crippen LogP contribution in [0.1, 0.15) is 11.3 Å². The minimum atomic E-state index is -3.53. The second-order valence-electron chi connectivity index (χ2n) is 3.80. The van der Waals surface area contributed by atoms with Gasteiger partial charge in [-0.1, -0.05) is 18.2 Å². The fourth-order valence-corrected chi connectivity index (χ4v) is 2.95. The van der Waals surface area contributed by atoms with Crippen molar-refractivity contribution in [1.29, 1.82) is 0 Å². The molecule has 0 saturated heterocycles. The van der Waals surface area contributed by atoms with Crippen LogP contribution in [0.5, 0.6) is 0 Å². The molecule has 0 aliphatic rings. The lowest BCUT2D eigenvalue weighted by Crippen LogP contribution is -2.23. The van der Waals surface area contributed by atoms with E-state index < -0.39 is 10.0 Å². The van der Waals surface area contributed by atoms with Gasteiger partial charge in [0, 0.05) is 0 Å². The Bertz CT molecular complexity index is 649. The molecule has 4 nitrogen and oxygen atoms in total. The van der Waals surface area contributed by atoms with Crippen LogP contribution in [0.25, 0.3) is 0 Å². The lowest BCUT2D eigenvalue weighted by molar-refractivity contribution is 0.500. The number of hydrogen-bond acceptors (Lipinski definition) is 3. The summed E-state index contributed by atoms with van der Waals surface area (Å²) in [5.74, 6) is 0.470. The monoisotopic (exact) mass is 285 g/mol. The van der Waals surface area contributed by atoms with Gasteiger partial charge in [0.15, 0.2) is 5.22 Å². The summed E-state index contributed by atoms with van der Waals surface area (Å²) in [5, 5.41) is 0.236. The zero-order valence-corrected chi connectivity index (χ0v) is 11.3. The summed E-state index contributed by atoms with van der Waals surface area (Å²) in [7, 11) is -3.53. The van der Waals surface area contributed by atoms with E-state index in [2.05, 4.69) is 4.72 Å². The summed E-state index contributed by atoms with van der Waals surface area (Å²) < 4.78 is 31.6. The fourth-order valence-electron chi connectivity index (χ4n) is 1.55. The van der Waals surface area contributed by atoms with Crippen LogP contribution in [0.4, 0.5) is 0 Å². The zero-order valence-electron chi connectivity index (χ0n) is 9.68. The summed E-state index contributed by atoms with van der Waals surface area (Å²) in [4.78, 5) is 0.266. The van der Waals surface area contributed by atoms with Crippen LogP contribution in [-0.2, 0) is 16.6 Å². The molecule has 0 atom stereocenters. The number of rotatable bonds is 4. The van der Waals surface area contributed by atoms with Crippen molar-refractivity contribution in [1.82, 2.24) is 4.72 Å². The van der Waals surface area contributed by atoms with Crippen molar-refractivity contribution in [2.75, 3.05) is 0 Å². The van der Waals surface area contributed by atoms with Gasteiger partial charge < -0.3 is 4.42 Å². The molecule has 0 fully saturated rings. The lowest BCUT2D eigenvalue weighted by Gasteiger charge is -2.07. The molecule has 1 N–H and O–H groups in total. The number of benzene rings is 1. The lowest BCUT2D eigenvalue weighted by atomic mass is 10.2. The van der Waals surface area contributed by atoms with Crippen molar-refractivity contribution in [2.24, 2.45) is 0 Å². The second-order valence-corrected chi connectivity index (χ2v) is 5.90. The first kappa shape index (κ1) is 13.1. The number of halogens is 1. The first-order valence-corrected chi connectivity index (χ1v) is 7.15. The summed E-state index contributed by atoms with van der Waals surface area (Å²) in [5.41, 5.74) is 0.697. The Balaban J connectivity index is 2.16. The number of sulfonamides is 1. The first-order valence-electron chi connectivity index (χ1n) is 5.28. The summed E-state index contributed by atoms with van der Waals surface area (Å²) in [6.07, 6.45) is 0. The SMILES string of the molecule is Cc1ccccc1S(=O)(=O)NCc1ccc(Cl)o1. The van der Waals surface area contributed by atoms with Crippen LogP contribution in [0.3, 0.4) is 0 Å². The molecule has 1 aromatic heterocycles. The molecule has 18 heavy (non-hydrogen) atoms. The van der Waals surface area contributed by atoms with Gasteiger partial charge in [-0.05, 0) is 42.3 Å². The van der Waals surface area contributed by atoms with Crippen molar-refractivity contribution in [3.63, 3.8) is 0 Å². The Kier molecular flexibility index (Phi) is 3.75. The zero-order chi connectivity index (χ0) is 13.2. The Morgan fingerprint density at radius 2 is 1.94 bits per heavy atom. The summed E-state index contributed by atoms with van der Waals surface area (Å²) in [6, 6.07) is 9.98. The number of nitrogens with one attached hydrogen (secondary N) is 1. The van der Waals surface area contributed by atoms with Crippen LogP contribution in [0, 0.1) is 6.92 Å². The highest BCUT2D eigenvalue weighted by Crippen LogP contribution is 2.16. The summed E-state index contributed by atoms with van der Waals surface area (Å²) >= 11 is 5.61. The van der Waals surface area contributed by atoms with Gasteiger partial charge in [-0.3, -0.25) is 0 Å². The largest absolute Gasteiger partial charge is 0.448 e. The van der Waals surface area contributed by atoms with Crippen molar-refractivity contribution in [2.45, 2.75) is 18.4 Å². The van der Waals surface area contributed by atoms with E-state index in [0.29, 0.717) is 11.3 Å². The topological polar surface area (TPSA) is 59.3 Å². The maximum absolute atomic E-state index is 12.0. The van der Waals surface area contributed by atoms with E-state index in [1.54, 1.807) is 43.3 Å². The molecule has 2 aromatic rings. The predicted octanol–water partition coefficient (Wildman–Crippen LogP) is 2.72.